The summed E-state index contributed by atoms with van der Waals surface area (Å²) < 4.78 is 17.8. The molecule has 0 aromatic heterocycles. The molecule has 0 saturated carbocycles. The lowest BCUT2D eigenvalue weighted by Gasteiger charge is -2.23. The average Bonchev–Trinajstić information content (AvgIpc) is 2.82. The molecule has 0 N–H and O–H groups in total. The third-order valence-electron chi connectivity index (χ3n) is 3.33. The van der Waals surface area contributed by atoms with Crippen molar-refractivity contribution in [1.29, 1.82) is 0 Å². The van der Waals surface area contributed by atoms with E-state index < -0.39 is 5.92 Å². The van der Waals surface area contributed by atoms with Crippen LogP contribution in [0.1, 0.15) is 24.3 Å². The van der Waals surface area contributed by atoms with Crippen LogP contribution in [0.4, 0.5) is 4.39 Å². The molecule has 1 aliphatic heterocycles. The van der Waals surface area contributed by atoms with Gasteiger partial charge in [-0.1, -0.05) is 24.4 Å². The highest BCUT2D eigenvalue weighted by Crippen LogP contribution is 2.22. The fourth-order valence-corrected chi connectivity index (χ4v) is 2.58. The zero-order chi connectivity index (χ0) is 13.8. The zero-order valence-corrected chi connectivity index (χ0v) is 11.6. The molecule has 2 rings (SSSR count). The van der Waals surface area contributed by atoms with Gasteiger partial charge >= 0.3 is 5.97 Å². The van der Waals surface area contributed by atoms with Crippen LogP contribution in [0.15, 0.2) is 24.3 Å². The molecule has 3 nitrogen and oxygen atoms in total. The van der Waals surface area contributed by atoms with Crippen LogP contribution in [-0.2, 0) is 9.53 Å². The molecular formula is C14H16FNO2S. The fraction of sp³-hybridized carbons (Fsp3) is 0.429. The number of methoxy groups -OCH3 is 1. The molecule has 0 aliphatic carbocycles. The van der Waals surface area contributed by atoms with Gasteiger partial charge < -0.3 is 9.64 Å². The van der Waals surface area contributed by atoms with E-state index in [1.807, 2.05) is 4.90 Å². The summed E-state index contributed by atoms with van der Waals surface area (Å²) in [7, 11) is 1.36. The zero-order valence-electron chi connectivity index (χ0n) is 10.8. The van der Waals surface area contributed by atoms with Crippen molar-refractivity contribution in [2.24, 2.45) is 0 Å². The van der Waals surface area contributed by atoms with Crippen molar-refractivity contribution in [2.75, 3.05) is 20.2 Å². The first-order chi connectivity index (χ1) is 9.11. The highest BCUT2D eigenvalue weighted by Gasteiger charge is 2.27. The summed E-state index contributed by atoms with van der Waals surface area (Å²) in [5.74, 6) is -1.06. The third kappa shape index (κ3) is 3.29. The van der Waals surface area contributed by atoms with Crippen molar-refractivity contribution < 1.29 is 13.9 Å². The predicted octanol–water partition coefficient (Wildman–Crippen LogP) is 2.51. The molecule has 1 unspecified atom stereocenters. The van der Waals surface area contributed by atoms with Crippen LogP contribution in [0.25, 0.3) is 0 Å². The first kappa shape index (κ1) is 13.9. The molecule has 0 amide bonds. The number of benzene rings is 1. The number of carbonyl (C=O) groups is 1. The Hall–Kier alpha value is -1.49. The first-order valence-corrected chi connectivity index (χ1v) is 6.63. The molecule has 1 fully saturated rings. The van der Waals surface area contributed by atoms with E-state index in [0.29, 0.717) is 6.54 Å². The molecule has 1 saturated heterocycles. The summed E-state index contributed by atoms with van der Waals surface area (Å²) >= 11 is 5.27. The van der Waals surface area contributed by atoms with Gasteiger partial charge in [0.05, 0.1) is 18.0 Å². The summed E-state index contributed by atoms with van der Waals surface area (Å²) in [4.78, 5) is 14.8. The quantitative estimate of drug-likeness (QED) is 0.626. The van der Waals surface area contributed by atoms with Gasteiger partial charge in [0.2, 0.25) is 0 Å². The van der Waals surface area contributed by atoms with Crippen LogP contribution in [-0.4, -0.2) is 36.1 Å². The second kappa shape index (κ2) is 6.10. The summed E-state index contributed by atoms with van der Waals surface area (Å²) in [5.41, 5.74) is 0.753. The Balaban J connectivity index is 2.18. The monoisotopic (exact) mass is 281 g/mol. The Morgan fingerprint density at radius 1 is 1.47 bits per heavy atom. The largest absolute Gasteiger partial charge is 0.468 e. The van der Waals surface area contributed by atoms with E-state index in [1.165, 1.54) is 19.2 Å². The van der Waals surface area contributed by atoms with E-state index in [9.17, 15) is 9.18 Å². The smallest absolute Gasteiger partial charge is 0.314 e. The van der Waals surface area contributed by atoms with Crippen LogP contribution in [0.5, 0.6) is 0 Å². The molecule has 1 aromatic rings. The minimum Gasteiger partial charge on any atom is -0.468 e. The summed E-state index contributed by atoms with van der Waals surface area (Å²) in [6, 6.07) is 5.95. The summed E-state index contributed by atoms with van der Waals surface area (Å²) in [5, 5.41) is 0. The van der Waals surface area contributed by atoms with Gasteiger partial charge in [0.15, 0.2) is 0 Å². The molecular weight excluding hydrogens is 265 g/mol. The third-order valence-corrected chi connectivity index (χ3v) is 3.79. The molecule has 1 aromatic carbocycles. The Morgan fingerprint density at radius 2 is 2.16 bits per heavy atom. The number of halogens is 1. The van der Waals surface area contributed by atoms with Crippen molar-refractivity contribution in [1.82, 2.24) is 4.90 Å². The molecule has 1 heterocycles. The number of nitrogens with zero attached hydrogens (tertiary/aromatic N) is 1. The van der Waals surface area contributed by atoms with E-state index in [-0.39, 0.29) is 11.8 Å². The standard InChI is InChI=1S/C14H16FNO2S/c1-18-14(17)12(9-16-8-2-3-13(16)19)10-4-6-11(15)7-5-10/h4-7,12H,2-3,8-9H2,1H3. The lowest BCUT2D eigenvalue weighted by molar-refractivity contribution is -0.142. The molecule has 0 bridgehead atoms. The van der Waals surface area contributed by atoms with Gasteiger partial charge in [-0.25, -0.2) is 4.39 Å². The lowest BCUT2D eigenvalue weighted by Crippen LogP contribution is -2.32. The van der Waals surface area contributed by atoms with Crippen molar-refractivity contribution in [3.63, 3.8) is 0 Å². The number of esters is 1. The Bertz CT molecular complexity index is 475. The van der Waals surface area contributed by atoms with Gasteiger partial charge in [-0.15, -0.1) is 0 Å². The fourth-order valence-electron chi connectivity index (χ4n) is 2.27. The molecule has 0 spiro atoms. The Labute approximate surface area is 117 Å². The van der Waals surface area contributed by atoms with Crippen molar-refractivity contribution >= 4 is 23.2 Å². The molecule has 5 heteroatoms. The van der Waals surface area contributed by atoms with Gasteiger partial charge in [-0.2, -0.15) is 0 Å². The van der Waals surface area contributed by atoms with Crippen molar-refractivity contribution in [3.05, 3.63) is 35.6 Å². The SMILES string of the molecule is COC(=O)C(CN1CCCC1=S)c1ccc(F)cc1. The van der Waals surface area contributed by atoms with Crippen LogP contribution in [0.2, 0.25) is 0 Å². The number of hydrogen-bond donors (Lipinski definition) is 0. The van der Waals surface area contributed by atoms with Crippen LogP contribution in [0.3, 0.4) is 0 Å². The number of hydrogen-bond acceptors (Lipinski definition) is 3. The highest BCUT2D eigenvalue weighted by molar-refractivity contribution is 7.80. The maximum absolute atomic E-state index is 13.0. The number of ether oxygens (including phenoxy) is 1. The number of likely N-dealkylation sites (tertiary alicyclic amines) is 1. The van der Waals surface area contributed by atoms with Gasteiger partial charge in [0.25, 0.3) is 0 Å². The average molecular weight is 281 g/mol. The Kier molecular flexibility index (Phi) is 4.47. The van der Waals surface area contributed by atoms with Crippen LogP contribution < -0.4 is 0 Å². The summed E-state index contributed by atoms with van der Waals surface area (Å²) in [6.07, 6.45) is 1.92. The van der Waals surface area contributed by atoms with E-state index in [0.717, 1.165) is 29.9 Å². The van der Waals surface area contributed by atoms with Crippen molar-refractivity contribution in [2.45, 2.75) is 18.8 Å². The number of thiocarbonyl (C=S) groups is 1. The lowest BCUT2D eigenvalue weighted by atomic mass is 9.98. The van der Waals surface area contributed by atoms with Crippen LogP contribution >= 0.6 is 12.2 Å². The molecule has 102 valence electrons. The Morgan fingerprint density at radius 3 is 2.68 bits per heavy atom. The molecule has 1 atom stereocenters. The second-order valence-corrected chi connectivity index (χ2v) is 5.04. The normalized spacial score (nSPS) is 16.5. The summed E-state index contributed by atoms with van der Waals surface area (Å²) in [6.45, 7) is 1.37. The van der Waals surface area contributed by atoms with Crippen molar-refractivity contribution in [3.8, 4) is 0 Å². The van der Waals surface area contributed by atoms with E-state index in [4.69, 9.17) is 17.0 Å². The highest BCUT2D eigenvalue weighted by atomic mass is 32.1. The second-order valence-electron chi connectivity index (χ2n) is 4.57. The topological polar surface area (TPSA) is 29.5 Å². The van der Waals surface area contributed by atoms with E-state index in [2.05, 4.69) is 0 Å². The van der Waals surface area contributed by atoms with Gasteiger partial charge in [0, 0.05) is 13.1 Å². The maximum atomic E-state index is 13.0. The van der Waals surface area contributed by atoms with Gasteiger partial charge in [0.1, 0.15) is 5.82 Å². The minimum atomic E-state index is -0.429. The number of carbonyl (C=O) groups excluding carboxylic acids is 1. The molecule has 1 aliphatic rings. The predicted molar refractivity (Wildman–Crippen MR) is 74.6 cm³/mol. The van der Waals surface area contributed by atoms with Gasteiger partial charge in [-0.3, -0.25) is 4.79 Å². The minimum absolute atomic E-state index is 0.316. The first-order valence-electron chi connectivity index (χ1n) is 6.23. The molecule has 19 heavy (non-hydrogen) atoms. The van der Waals surface area contributed by atoms with E-state index >= 15 is 0 Å². The maximum Gasteiger partial charge on any atom is 0.314 e. The van der Waals surface area contributed by atoms with E-state index in [1.54, 1.807) is 12.1 Å². The molecule has 0 radical (unpaired) electrons. The number of rotatable bonds is 4. The van der Waals surface area contributed by atoms with Crippen LogP contribution in [0, 0.1) is 5.82 Å². The van der Waals surface area contributed by atoms with Gasteiger partial charge in [-0.05, 0) is 30.5 Å².